The van der Waals surface area contributed by atoms with E-state index < -0.39 is 11.2 Å². The van der Waals surface area contributed by atoms with E-state index in [9.17, 15) is 14.4 Å². The minimum absolute atomic E-state index is 0.137. The van der Waals surface area contributed by atoms with E-state index in [4.69, 9.17) is 5.73 Å². The van der Waals surface area contributed by atoms with Crippen LogP contribution in [0.5, 0.6) is 0 Å². The number of hydrogen-bond acceptors (Lipinski definition) is 7. The molecule has 3 fully saturated rings. The van der Waals surface area contributed by atoms with E-state index >= 15 is 0 Å². The van der Waals surface area contributed by atoms with Gasteiger partial charge in [0.1, 0.15) is 5.82 Å². The number of likely N-dealkylation sites (tertiary alicyclic amines) is 1. The van der Waals surface area contributed by atoms with Crippen molar-refractivity contribution in [2.75, 3.05) is 58.2 Å². The Morgan fingerprint density at radius 3 is 2.24 bits per heavy atom. The molecule has 1 aromatic heterocycles. The Labute approximate surface area is 223 Å². The van der Waals surface area contributed by atoms with Crippen molar-refractivity contribution in [2.45, 2.75) is 25.9 Å². The average Bonchev–Trinajstić information content (AvgIpc) is 3.33. The third-order valence-electron chi connectivity index (χ3n) is 7.95. The molecular weight excluding hydrogens is 484 g/mol. The number of anilines is 1. The quantitative estimate of drug-likeness (QED) is 0.484. The molecule has 1 aromatic carbocycles. The van der Waals surface area contributed by atoms with Crippen LogP contribution in [0.15, 0.2) is 41.3 Å². The maximum atomic E-state index is 12.7. The van der Waals surface area contributed by atoms with E-state index in [2.05, 4.69) is 32.7 Å². The van der Waals surface area contributed by atoms with Crippen LogP contribution in [-0.4, -0.2) is 94.6 Å². The first-order valence-corrected chi connectivity index (χ1v) is 13.3. The van der Waals surface area contributed by atoms with Crippen molar-refractivity contribution in [3.8, 4) is 5.69 Å². The summed E-state index contributed by atoms with van der Waals surface area (Å²) in [7, 11) is 2.02. The number of urea groups is 1. The van der Waals surface area contributed by atoms with E-state index in [1.54, 1.807) is 35.9 Å². The number of amides is 3. The van der Waals surface area contributed by atoms with Gasteiger partial charge in [-0.25, -0.2) is 9.59 Å². The monoisotopic (exact) mass is 522 g/mol. The lowest BCUT2D eigenvalue weighted by Crippen LogP contribution is -2.58. The van der Waals surface area contributed by atoms with Gasteiger partial charge in [-0.3, -0.25) is 19.6 Å². The summed E-state index contributed by atoms with van der Waals surface area (Å²) in [6.45, 7) is 9.30. The molecule has 11 heteroatoms. The highest BCUT2D eigenvalue weighted by Crippen LogP contribution is 2.51. The van der Waals surface area contributed by atoms with Crippen LogP contribution in [0.25, 0.3) is 5.69 Å². The van der Waals surface area contributed by atoms with Crippen LogP contribution in [0.1, 0.15) is 19.4 Å². The molecule has 38 heavy (non-hydrogen) atoms. The zero-order valence-electron chi connectivity index (χ0n) is 22.4. The highest BCUT2D eigenvalue weighted by atomic mass is 16.2. The van der Waals surface area contributed by atoms with Gasteiger partial charge in [0.2, 0.25) is 5.91 Å². The molecule has 0 spiro atoms. The molecule has 3 heterocycles. The molecule has 2 aliphatic heterocycles. The molecule has 2 saturated heterocycles. The number of nitrogens with zero attached hydrogens (tertiary/aromatic N) is 5. The fourth-order valence-electron chi connectivity index (χ4n) is 5.80. The Morgan fingerprint density at radius 2 is 1.66 bits per heavy atom. The molecule has 3 atom stereocenters. The van der Waals surface area contributed by atoms with Gasteiger partial charge < -0.3 is 20.9 Å². The highest BCUT2D eigenvalue weighted by molar-refractivity contribution is 5.89. The lowest BCUT2D eigenvalue weighted by molar-refractivity contribution is -0.137. The lowest BCUT2D eigenvalue weighted by Gasteiger charge is -2.37. The Hall–Kier alpha value is -3.28. The SMILES string of the molecule is CNCC1C2CN(Cc3ccc(-n4ccc(NC(=O)N5CCN(C(=O)C(C)(C)N)CC5)nc4=O)cc3)C[C@@H]12. The van der Waals surface area contributed by atoms with Gasteiger partial charge in [0, 0.05) is 52.0 Å². The highest BCUT2D eigenvalue weighted by Gasteiger charge is 2.54. The number of nitrogens with one attached hydrogen (secondary N) is 2. The summed E-state index contributed by atoms with van der Waals surface area (Å²) in [4.78, 5) is 47.6. The summed E-state index contributed by atoms with van der Waals surface area (Å²) in [5.41, 5.74) is 6.45. The maximum Gasteiger partial charge on any atom is 0.354 e. The normalized spacial score (nSPS) is 23.3. The molecule has 0 radical (unpaired) electrons. The molecule has 11 nitrogen and oxygen atoms in total. The van der Waals surface area contributed by atoms with Crippen LogP contribution in [-0.2, 0) is 11.3 Å². The van der Waals surface area contributed by atoms with Gasteiger partial charge in [0.25, 0.3) is 0 Å². The Kier molecular flexibility index (Phi) is 7.26. The number of aromatic nitrogens is 2. The van der Waals surface area contributed by atoms with Crippen molar-refractivity contribution in [1.82, 2.24) is 29.6 Å². The maximum absolute atomic E-state index is 12.7. The number of benzene rings is 1. The second-order valence-corrected chi connectivity index (χ2v) is 11.3. The second-order valence-electron chi connectivity index (χ2n) is 11.3. The van der Waals surface area contributed by atoms with Crippen LogP contribution in [0.2, 0.25) is 0 Å². The number of carbonyl (C=O) groups is 2. The minimum Gasteiger partial charge on any atom is -0.338 e. The molecule has 4 N–H and O–H groups in total. The molecule has 2 aromatic rings. The Morgan fingerprint density at radius 1 is 1.03 bits per heavy atom. The summed E-state index contributed by atoms with van der Waals surface area (Å²) in [6, 6.07) is 9.24. The molecule has 0 bridgehead atoms. The number of rotatable bonds is 7. The zero-order chi connectivity index (χ0) is 27.0. The van der Waals surface area contributed by atoms with E-state index in [0.717, 1.165) is 49.6 Å². The predicted molar refractivity (Wildman–Crippen MR) is 145 cm³/mol. The van der Waals surface area contributed by atoms with E-state index in [0.29, 0.717) is 26.2 Å². The van der Waals surface area contributed by atoms with E-state index in [-0.39, 0.29) is 17.8 Å². The van der Waals surface area contributed by atoms with Crippen molar-refractivity contribution in [1.29, 1.82) is 0 Å². The summed E-state index contributed by atoms with van der Waals surface area (Å²) in [5, 5.41) is 5.99. The predicted octanol–water partition coefficient (Wildman–Crippen LogP) is 0.543. The first kappa shape index (κ1) is 26.3. The zero-order valence-corrected chi connectivity index (χ0v) is 22.4. The summed E-state index contributed by atoms with van der Waals surface area (Å²) in [6.07, 6.45) is 1.62. The fourth-order valence-corrected chi connectivity index (χ4v) is 5.80. The molecule has 1 aliphatic carbocycles. The van der Waals surface area contributed by atoms with Crippen molar-refractivity contribution >= 4 is 17.8 Å². The van der Waals surface area contributed by atoms with Gasteiger partial charge in [0.05, 0.1) is 11.2 Å². The lowest BCUT2D eigenvalue weighted by atomic mass is 10.1. The molecular formula is C27H38N8O3. The number of fused-ring (bicyclic) bond motifs is 1. The van der Waals surface area contributed by atoms with Gasteiger partial charge in [-0.1, -0.05) is 12.1 Å². The number of piperidine rings is 1. The Bertz CT molecular complexity index is 1220. The second kappa shape index (κ2) is 10.5. The molecule has 1 saturated carbocycles. The van der Waals surface area contributed by atoms with Gasteiger partial charge in [-0.15, -0.1) is 0 Å². The van der Waals surface area contributed by atoms with Gasteiger partial charge in [0.15, 0.2) is 0 Å². The van der Waals surface area contributed by atoms with Crippen LogP contribution >= 0.6 is 0 Å². The molecule has 5 rings (SSSR count). The first-order chi connectivity index (χ1) is 18.1. The van der Waals surface area contributed by atoms with Crippen molar-refractivity contribution in [3.05, 3.63) is 52.6 Å². The van der Waals surface area contributed by atoms with Crippen LogP contribution < -0.4 is 22.1 Å². The average molecular weight is 523 g/mol. The first-order valence-electron chi connectivity index (χ1n) is 13.3. The van der Waals surface area contributed by atoms with Gasteiger partial charge in [-0.05, 0) is 69.0 Å². The molecule has 3 aliphatic rings. The minimum atomic E-state index is -0.942. The molecule has 204 valence electrons. The summed E-state index contributed by atoms with van der Waals surface area (Å²) in [5.74, 6) is 2.57. The Balaban J connectivity index is 1.13. The van der Waals surface area contributed by atoms with Crippen molar-refractivity contribution in [2.24, 2.45) is 23.5 Å². The standard InChI is InChI=1S/C27H38N8O3/c1-27(2,28)24(36)33-10-12-34(13-11-33)25(37)30-23-8-9-35(26(38)31-23)19-6-4-18(5-7-19)15-32-16-21-20(14-29-3)22(21)17-32/h4-9,20-22,29H,10-17,28H2,1-3H3,(H,30,31,37,38)/t20?,21-,22?/m0/s1. The number of hydrogen-bond donors (Lipinski definition) is 3. The number of nitrogens with two attached hydrogens (primary N) is 1. The van der Waals surface area contributed by atoms with E-state index in [1.165, 1.54) is 10.1 Å². The molecule has 2 unspecified atom stereocenters. The summed E-state index contributed by atoms with van der Waals surface area (Å²) >= 11 is 0. The van der Waals surface area contributed by atoms with Crippen LogP contribution in [0.3, 0.4) is 0 Å². The van der Waals surface area contributed by atoms with E-state index in [1.807, 2.05) is 19.2 Å². The number of piperazine rings is 1. The van der Waals surface area contributed by atoms with Crippen LogP contribution in [0.4, 0.5) is 10.6 Å². The molecule has 3 amide bonds. The van der Waals surface area contributed by atoms with Crippen molar-refractivity contribution in [3.63, 3.8) is 0 Å². The van der Waals surface area contributed by atoms with Gasteiger partial charge in [-0.2, -0.15) is 4.98 Å². The van der Waals surface area contributed by atoms with Crippen LogP contribution in [0, 0.1) is 17.8 Å². The third-order valence-corrected chi connectivity index (χ3v) is 7.95. The smallest absolute Gasteiger partial charge is 0.338 e. The third kappa shape index (κ3) is 5.59. The van der Waals surface area contributed by atoms with Gasteiger partial charge >= 0.3 is 11.7 Å². The number of carbonyl (C=O) groups excluding carboxylic acids is 2. The topological polar surface area (TPSA) is 129 Å². The largest absolute Gasteiger partial charge is 0.354 e. The van der Waals surface area contributed by atoms with Crippen molar-refractivity contribution < 1.29 is 9.59 Å². The fraction of sp³-hybridized carbons (Fsp3) is 0.556. The summed E-state index contributed by atoms with van der Waals surface area (Å²) < 4.78 is 1.46.